The van der Waals surface area contributed by atoms with Crippen molar-refractivity contribution >= 4 is 45.2 Å². The van der Waals surface area contributed by atoms with Gasteiger partial charge in [0.1, 0.15) is 0 Å². The lowest BCUT2D eigenvalue weighted by Crippen LogP contribution is -2.40. The second kappa shape index (κ2) is 5.97. The molecular formula is C12H23Br2O3P. The molecule has 0 aliphatic carbocycles. The van der Waals surface area contributed by atoms with E-state index in [-0.39, 0.29) is 11.3 Å². The van der Waals surface area contributed by atoms with Crippen LogP contribution in [0.25, 0.3) is 0 Å². The highest BCUT2D eigenvalue weighted by Crippen LogP contribution is 2.58. The average Bonchev–Trinajstić information content (AvgIpc) is 2.14. The van der Waals surface area contributed by atoms with Gasteiger partial charge in [0.2, 0.25) is 0 Å². The molecule has 0 saturated carbocycles. The normalized spacial score (nSPS) is 14.2. The van der Waals surface area contributed by atoms with Crippen LogP contribution in [0.15, 0.2) is 0 Å². The first-order valence-electron chi connectivity index (χ1n) is 5.98. The van der Waals surface area contributed by atoms with Crippen LogP contribution in [-0.2, 0) is 13.9 Å². The largest absolute Gasteiger partial charge is 0.410 e. The van der Waals surface area contributed by atoms with Gasteiger partial charge < -0.3 is 4.52 Å². The molecule has 0 saturated heterocycles. The molecule has 0 unspecified atom stereocenters. The van der Waals surface area contributed by atoms with E-state index in [1.807, 2.05) is 48.5 Å². The van der Waals surface area contributed by atoms with Crippen LogP contribution < -0.4 is 0 Å². The second-order valence-electron chi connectivity index (χ2n) is 6.04. The molecule has 108 valence electrons. The Bertz CT molecular complexity index is 345. The Kier molecular flexibility index (Phi) is 6.19. The van der Waals surface area contributed by atoms with Crippen molar-refractivity contribution in [3.63, 3.8) is 0 Å². The van der Waals surface area contributed by atoms with Gasteiger partial charge in [-0.15, -0.1) is 0 Å². The fraction of sp³-hybridized carbons (Fsp3) is 0.917. The monoisotopic (exact) mass is 404 g/mol. The number of hydrogen-bond donors (Lipinski definition) is 0. The molecule has 18 heavy (non-hydrogen) atoms. The van der Waals surface area contributed by atoms with Crippen LogP contribution >= 0.6 is 39.2 Å². The number of alkyl halides is 2. The minimum Gasteiger partial charge on any atom is -0.410 e. The molecule has 0 aliphatic heterocycles. The molecule has 0 aromatic rings. The number of carbonyl (C=O) groups is 1. The Morgan fingerprint density at radius 2 is 1.39 bits per heavy atom. The molecule has 0 fully saturated rings. The van der Waals surface area contributed by atoms with Crippen LogP contribution in [-0.4, -0.2) is 20.5 Å². The number of rotatable bonds is 4. The summed E-state index contributed by atoms with van der Waals surface area (Å²) in [5.41, 5.74) is -0.766. The summed E-state index contributed by atoms with van der Waals surface area (Å²) < 4.78 is 17.1. The molecule has 0 bridgehead atoms. The van der Waals surface area contributed by atoms with Crippen LogP contribution in [0.2, 0.25) is 0 Å². The number of halogens is 2. The highest BCUT2D eigenvalue weighted by atomic mass is 79.9. The zero-order chi connectivity index (χ0) is 14.9. The van der Waals surface area contributed by atoms with Crippen molar-refractivity contribution in [2.75, 3.05) is 0 Å². The van der Waals surface area contributed by atoms with Crippen LogP contribution in [0.1, 0.15) is 48.5 Å². The second-order valence-corrected chi connectivity index (χ2v) is 13.0. The van der Waals surface area contributed by atoms with Crippen LogP contribution in [0.4, 0.5) is 0 Å². The van der Waals surface area contributed by atoms with Gasteiger partial charge in [0.05, 0.1) is 0 Å². The minimum atomic E-state index is -2.99. The predicted octanol–water partition coefficient (Wildman–Crippen LogP) is 5.16. The molecule has 0 aromatic carbocycles. The van der Waals surface area contributed by atoms with Gasteiger partial charge in [-0.1, -0.05) is 80.3 Å². The van der Waals surface area contributed by atoms with Crippen molar-refractivity contribution in [2.45, 2.75) is 63.0 Å². The fourth-order valence-corrected chi connectivity index (χ4v) is 3.72. The van der Waals surface area contributed by atoms with E-state index in [0.29, 0.717) is 0 Å². The highest BCUT2D eigenvalue weighted by molar-refractivity contribution is 9.26. The van der Waals surface area contributed by atoms with Crippen molar-refractivity contribution < 1.29 is 13.9 Å². The summed E-state index contributed by atoms with van der Waals surface area (Å²) in [6.07, 6.45) is 0. The van der Waals surface area contributed by atoms with Gasteiger partial charge in [0.15, 0.2) is 3.23 Å². The molecule has 0 aromatic heterocycles. The third kappa shape index (κ3) is 3.83. The van der Waals surface area contributed by atoms with Gasteiger partial charge in [-0.25, -0.2) is 4.79 Å². The Labute approximate surface area is 127 Å². The van der Waals surface area contributed by atoms with Gasteiger partial charge in [-0.3, -0.25) is 4.57 Å². The summed E-state index contributed by atoms with van der Waals surface area (Å²) in [5.74, 6) is -0.527. The SMILES string of the molecule is CC(C)P(=O)(OC(=O)C(Br)(Br)C(C)(C)C)C(C)C. The summed E-state index contributed by atoms with van der Waals surface area (Å²) >= 11 is 6.68. The molecule has 3 nitrogen and oxygen atoms in total. The molecule has 0 atom stereocenters. The maximum absolute atomic E-state index is 12.7. The molecule has 0 N–H and O–H groups in total. The van der Waals surface area contributed by atoms with E-state index in [9.17, 15) is 9.36 Å². The quantitative estimate of drug-likeness (QED) is 0.479. The first-order valence-corrected chi connectivity index (χ1v) is 9.33. The van der Waals surface area contributed by atoms with Crippen LogP contribution in [0.5, 0.6) is 0 Å². The smallest absolute Gasteiger partial charge is 0.339 e. The maximum Gasteiger partial charge on any atom is 0.339 e. The van der Waals surface area contributed by atoms with Gasteiger partial charge >= 0.3 is 5.97 Å². The Hall–Kier alpha value is 0.660. The van der Waals surface area contributed by atoms with E-state index in [4.69, 9.17) is 4.52 Å². The third-order valence-electron chi connectivity index (χ3n) is 2.86. The number of hydrogen-bond acceptors (Lipinski definition) is 3. The van der Waals surface area contributed by atoms with Crippen molar-refractivity contribution in [1.82, 2.24) is 0 Å². The summed E-state index contributed by atoms with van der Waals surface area (Å²) in [4.78, 5) is 12.2. The lowest BCUT2D eigenvalue weighted by Gasteiger charge is -2.35. The van der Waals surface area contributed by atoms with E-state index in [2.05, 4.69) is 31.9 Å². The van der Waals surface area contributed by atoms with Gasteiger partial charge in [0, 0.05) is 11.3 Å². The Balaban J connectivity index is 5.24. The Morgan fingerprint density at radius 1 is 1.06 bits per heavy atom. The topological polar surface area (TPSA) is 43.4 Å². The molecule has 0 rings (SSSR count). The van der Waals surface area contributed by atoms with E-state index in [1.54, 1.807) is 0 Å². The zero-order valence-corrected chi connectivity index (χ0v) is 16.1. The average molecular weight is 406 g/mol. The van der Waals surface area contributed by atoms with Gasteiger partial charge in [-0.05, 0) is 5.41 Å². The first-order chi connectivity index (χ1) is 7.76. The van der Waals surface area contributed by atoms with E-state index < -0.39 is 22.0 Å². The van der Waals surface area contributed by atoms with E-state index in [0.717, 1.165) is 0 Å². The minimum absolute atomic E-state index is 0.183. The van der Waals surface area contributed by atoms with Crippen LogP contribution in [0.3, 0.4) is 0 Å². The summed E-state index contributed by atoms with van der Waals surface area (Å²) in [5, 5.41) is 0. The molecule has 0 amide bonds. The van der Waals surface area contributed by atoms with E-state index >= 15 is 0 Å². The number of carbonyl (C=O) groups excluding carboxylic acids is 1. The standard InChI is InChI=1S/C12H23Br2O3P/c1-8(2)18(16,9(3)4)17-10(15)12(13,14)11(5,6)7/h8-9H,1-7H3. The summed E-state index contributed by atoms with van der Waals surface area (Å²) in [6, 6.07) is 0. The lowest BCUT2D eigenvalue weighted by molar-refractivity contribution is -0.136. The van der Waals surface area contributed by atoms with Crippen molar-refractivity contribution in [2.24, 2.45) is 5.41 Å². The van der Waals surface area contributed by atoms with Gasteiger partial charge in [-0.2, -0.15) is 0 Å². The molecule has 0 radical (unpaired) electrons. The molecular weight excluding hydrogens is 383 g/mol. The Morgan fingerprint density at radius 3 is 1.61 bits per heavy atom. The molecule has 0 heterocycles. The first kappa shape index (κ1) is 18.7. The van der Waals surface area contributed by atoms with E-state index in [1.165, 1.54) is 0 Å². The lowest BCUT2D eigenvalue weighted by atomic mass is 9.92. The van der Waals surface area contributed by atoms with Crippen LogP contribution in [0, 0.1) is 5.41 Å². The summed E-state index contributed by atoms with van der Waals surface area (Å²) in [7, 11) is -2.99. The fourth-order valence-electron chi connectivity index (χ4n) is 1.30. The highest BCUT2D eigenvalue weighted by Gasteiger charge is 2.49. The molecule has 0 spiro atoms. The maximum atomic E-state index is 12.7. The predicted molar refractivity (Wildman–Crippen MR) is 84.0 cm³/mol. The van der Waals surface area contributed by atoms with Gasteiger partial charge in [0.25, 0.3) is 7.37 Å². The molecule has 6 heteroatoms. The van der Waals surface area contributed by atoms with Crippen molar-refractivity contribution in [3.05, 3.63) is 0 Å². The van der Waals surface area contributed by atoms with Crippen molar-refractivity contribution in [3.8, 4) is 0 Å². The molecule has 0 aliphatic rings. The third-order valence-corrected chi connectivity index (χ3v) is 9.22. The summed E-state index contributed by atoms with van der Waals surface area (Å²) in [6.45, 7) is 12.9. The van der Waals surface area contributed by atoms with Crippen molar-refractivity contribution in [1.29, 1.82) is 0 Å². The zero-order valence-electron chi connectivity index (χ0n) is 12.1.